The fourth-order valence-electron chi connectivity index (χ4n) is 1.87. The number of ether oxygens (including phenoxy) is 1. The first-order chi connectivity index (χ1) is 9.27. The summed E-state index contributed by atoms with van der Waals surface area (Å²) in [6.45, 7) is 8.96. The lowest BCUT2D eigenvalue weighted by atomic mass is 9.86. The number of nitrogens with two attached hydrogens (primary N) is 1. The number of carbonyl (C=O) groups is 1. The molecule has 1 amide bonds. The highest BCUT2D eigenvalue weighted by molar-refractivity contribution is 5.82. The Hall–Kier alpha value is -1.55. The number of carbonyl (C=O) groups excluding carboxylic acids is 1. The molecule has 0 saturated heterocycles. The van der Waals surface area contributed by atoms with Crippen molar-refractivity contribution in [3.8, 4) is 5.75 Å². The molecule has 112 valence electrons. The summed E-state index contributed by atoms with van der Waals surface area (Å²) in [5.41, 5.74) is 6.77. The van der Waals surface area contributed by atoms with E-state index in [0.717, 1.165) is 11.3 Å². The van der Waals surface area contributed by atoms with Gasteiger partial charge in [0.25, 0.3) is 0 Å². The fourth-order valence-corrected chi connectivity index (χ4v) is 1.87. The van der Waals surface area contributed by atoms with Crippen molar-refractivity contribution < 1.29 is 9.53 Å². The van der Waals surface area contributed by atoms with Gasteiger partial charge in [-0.3, -0.25) is 4.79 Å². The van der Waals surface area contributed by atoms with Crippen LogP contribution in [0.3, 0.4) is 0 Å². The van der Waals surface area contributed by atoms with Crippen LogP contribution in [0.25, 0.3) is 0 Å². The van der Waals surface area contributed by atoms with Gasteiger partial charge >= 0.3 is 0 Å². The molecule has 1 rings (SSSR count). The third-order valence-electron chi connectivity index (χ3n) is 3.26. The van der Waals surface area contributed by atoms with Crippen LogP contribution in [-0.2, 0) is 11.3 Å². The van der Waals surface area contributed by atoms with E-state index in [2.05, 4.69) is 0 Å². The summed E-state index contributed by atoms with van der Waals surface area (Å²) >= 11 is 0. The first-order valence-electron chi connectivity index (χ1n) is 6.98. The average molecular weight is 278 g/mol. The minimum atomic E-state index is -0.508. The van der Waals surface area contributed by atoms with Crippen LogP contribution >= 0.6 is 0 Å². The van der Waals surface area contributed by atoms with Crippen molar-refractivity contribution in [2.24, 2.45) is 11.1 Å². The van der Waals surface area contributed by atoms with Crippen molar-refractivity contribution in [1.29, 1.82) is 0 Å². The van der Waals surface area contributed by atoms with E-state index in [9.17, 15) is 4.79 Å². The Balaban J connectivity index is 2.80. The molecule has 0 spiro atoms. The Bertz CT molecular complexity index is 452. The normalized spacial score (nSPS) is 12.9. The van der Waals surface area contributed by atoms with Crippen LogP contribution in [0.15, 0.2) is 24.3 Å². The van der Waals surface area contributed by atoms with Gasteiger partial charge in [0.05, 0.1) is 12.6 Å². The van der Waals surface area contributed by atoms with Gasteiger partial charge < -0.3 is 15.4 Å². The lowest BCUT2D eigenvalue weighted by Gasteiger charge is -2.30. The first-order valence-corrected chi connectivity index (χ1v) is 6.98. The maximum absolute atomic E-state index is 12.3. The van der Waals surface area contributed by atoms with Crippen molar-refractivity contribution >= 4 is 5.91 Å². The number of para-hydroxylation sites is 1. The van der Waals surface area contributed by atoms with Crippen molar-refractivity contribution in [2.45, 2.75) is 40.3 Å². The summed E-state index contributed by atoms with van der Waals surface area (Å²) in [6, 6.07) is 7.25. The first kappa shape index (κ1) is 16.5. The number of likely N-dealkylation sites (N-methyl/N-ethyl adjacent to an activating group) is 1. The van der Waals surface area contributed by atoms with Crippen molar-refractivity contribution in [3.05, 3.63) is 29.8 Å². The molecule has 2 N–H and O–H groups in total. The van der Waals surface area contributed by atoms with Crippen molar-refractivity contribution in [3.63, 3.8) is 0 Å². The van der Waals surface area contributed by atoms with Crippen molar-refractivity contribution in [2.75, 3.05) is 13.7 Å². The molecular weight excluding hydrogens is 252 g/mol. The lowest BCUT2D eigenvalue weighted by Crippen LogP contribution is -2.48. The highest BCUT2D eigenvalue weighted by Crippen LogP contribution is 2.22. The number of hydrogen-bond donors (Lipinski definition) is 1. The molecule has 0 aliphatic carbocycles. The Labute approximate surface area is 121 Å². The fraction of sp³-hybridized carbons (Fsp3) is 0.562. The van der Waals surface area contributed by atoms with Crippen molar-refractivity contribution in [1.82, 2.24) is 4.90 Å². The third kappa shape index (κ3) is 4.23. The van der Waals surface area contributed by atoms with E-state index < -0.39 is 6.04 Å². The lowest BCUT2D eigenvalue weighted by molar-refractivity contribution is -0.134. The highest BCUT2D eigenvalue weighted by atomic mass is 16.5. The monoisotopic (exact) mass is 278 g/mol. The zero-order valence-corrected chi connectivity index (χ0v) is 13.1. The van der Waals surface area contributed by atoms with Gasteiger partial charge in [-0.2, -0.15) is 0 Å². The number of nitrogens with zero attached hydrogens (tertiary/aromatic N) is 1. The summed E-state index contributed by atoms with van der Waals surface area (Å²) in [5.74, 6) is 0.766. The third-order valence-corrected chi connectivity index (χ3v) is 3.26. The second-order valence-electron chi connectivity index (χ2n) is 6.08. The predicted octanol–water partition coefficient (Wildman–Crippen LogP) is 2.42. The second-order valence-corrected chi connectivity index (χ2v) is 6.08. The van der Waals surface area contributed by atoms with Crippen LogP contribution in [0.4, 0.5) is 0 Å². The van der Waals surface area contributed by atoms with Gasteiger partial charge in [0.15, 0.2) is 0 Å². The molecule has 4 nitrogen and oxygen atoms in total. The summed E-state index contributed by atoms with van der Waals surface area (Å²) in [4.78, 5) is 14.0. The molecule has 0 bridgehead atoms. The van der Waals surface area contributed by atoms with Gasteiger partial charge in [0.2, 0.25) is 5.91 Å². The van der Waals surface area contributed by atoms with E-state index in [4.69, 9.17) is 10.5 Å². The molecule has 0 aliphatic heterocycles. The predicted molar refractivity (Wildman–Crippen MR) is 81.5 cm³/mol. The summed E-state index contributed by atoms with van der Waals surface area (Å²) < 4.78 is 5.58. The van der Waals surface area contributed by atoms with E-state index in [-0.39, 0.29) is 11.3 Å². The maximum atomic E-state index is 12.3. The van der Waals surface area contributed by atoms with E-state index in [1.807, 2.05) is 52.0 Å². The molecule has 0 fully saturated rings. The molecule has 1 aromatic rings. The Kier molecular flexibility index (Phi) is 5.57. The smallest absolute Gasteiger partial charge is 0.240 e. The molecule has 1 unspecified atom stereocenters. The van der Waals surface area contributed by atoms with Gasteiger partial charge in [0.1, 0.15) is 5.75 Å². The topological polar surface area (TPSA) is 55.6 Å². The van der Waals surface area contributed by atoms with Crippen LogP contribution < -0.4 is 10.5 Å². The molecule has 0 aliphatic rings. The van der Waals surface area contributed by atoms with Crippen LogP contribution in [0, 0.1) is 5.41 Å². The molecular formula is C16H26N2O2. The highest BCUT2D eigenvalue weighted by Gasteiger charge is 2.29. The molecule has 0 saturated carbocycles. The number of rotatable bonds is 5. The van der Waals surface area contributed by atoms with Gasteiger partial charge in [-0.05, 0) is 18.4 Å². The van der Waals surface area contributed by atoms with Crippen LogP contribution in [0.5, 0.6) is 5.75 Å². The summed E-state index contributed by atoms with van der Waals surface area (Å²) in [7, 11) is 1.77. The number of benzene rings is 1. The minimum Gasteiger partial charge on any atom is -0.494 e. The summed E-state index contributed by atoms with van der Waals surface area (Å²) in [5, 5.41) is 0. The van der Waals surface area contributed by atoms with E-state index in [1.54, 1.807) is 11.9 Å². The van der Waals surface area contributed by atoms with Gasteiger partial charge in [-0.25, -0.2) is 0 Å². The minimum absolute atomic E-state index is 0.0520. The number of amides is 1. The zero-order valence-electron chi connectivity index (χ0n) is 13.1. The second kappa shape index (κ2) is 6.75. The SMILES string of the molecule is CCOc1ccccc1CN(C)C(=O)C(N)C(C)(C)C. The van der Waals surface area contributed by atoms with Crippen LogP contribution in [-0.4, -0.2) is 30.5 Å². The summed E-state index contributed by atoms with van der Waals surface area (Å²) in [6.07, 6.45) is 0. The van der Waals surface area contributed by atoms with E-state index >= 15 is 0 Å². The molecule has 0 heterocycles. The quantitative estimate of drug-likeness (QED) is 0.900. The number of hydrogen-bond acceptors (Lipinski definition) is 3. The molecule has 1 aromatic carbocycles. The Morgan fingerprint density at radius 3 is 2.50 bits per heavy atom. The van der Waals surface area contributed by atoms with Gasteiger partial charge in [-0.1, -0.05) is 39.0 Å². The standard InChI is InChI=1S/C16H26N2O2/c1-6-20-13-10-8-7-9-12(13)11-18(5)15(19)14(17)16(2,3)4/h7-10,14H,6,11,17H2,1-5H3. The van der Waals surface area contributed by atoms with Crippen LogP contribution in [0.1, 0.15) is 33.3 Å². The maximum Gasteiger partial charge on any atom is 0.240 e. The Morgan fingerprint density at radius 1 is 1.35 bits per heavy atom. The van der Waals surface area contributed by atoms with Crippen LogP contribution in [0.2, 0.25) is 0 Å². The molecule has 20 heavy (non-hydrogen) atoms. The average Bonchev–Trinajstić information content (AvgIpc) is 2.38. The van der Waals surface area contributed by atoms with E-state index in [0.29, 0.717) is 13.2 Å². The molecule has 0 radical (unpaired) electrons. The van der Waals surface area contributed by atoms with Gasteiger partial charge in [-0.15, -0.1) is 0 Å². The molecule has 4 heteroatoms. The largest absolute Gasteiger partial charge is 0.494 e. The zero-order chi connectivity index (χ0) is 15.3. The molecule has 1 atom stereocenters. The Morgan fingerprint density at radius 2 is 1.95 bits per heavy atom. The van der Waals surface area contributed by atoms with E-state index in [1.165, 1.54) is 0 Å². The van der Waals surface area contributed by atoms with Gasteiger partial charge in [0, 0.05) is 19.2 Å². The molecule has 0 aromatic heterocycles.